The molecule has 0 aliphatic rings. The van der Waals surface area contributed by atoms with Crippen LogP contribution >= 0.6 is 11.3 Å². The molecule has 0 N–H and O–H groups in total. The first kappa shape index (κ1) is 7.17. The van der Waals surface area contributed by atoms with Gasteiger partial charge in [0.15, 0.2) is 6.29 Å². The number of aldehydes is 1. The van der Waals surface area contributed by atoms with Crippen molar-refractivity contribution in [3.05, 3.63) is 29.4 Å². The Balaban J connectivity index is 2.53. The van der Waals surface area contributed by atoms with Crippen molar-refractivity contribution in [2.45, 2.75) is 0 Å². The number of thiophene rings is 1. The maximum absolute atomic E-state index is 10.5. The molecule has 0 saturated heterocycles. The normalized spacial score (nSPS) is 10.0. The Kier molecular flexibility index (Phi) is 1.71. The van der Waals surface area contributed by atoms with E-state index in [4.69, 9.17) is 0 Å². The van der Waals surface area contributed by atoms with Crippen molar-refractivity contribution in [2.75, 3.05) is 0 Å². The van der Waals surface area contributed by atoms with Crippen molar-refractivity contribution in [2.24, 2.45) is 0 Å². The summed E-state index contributed by atoms with van der Waals surface area (Å²) in [5.74, 6) is 0. The summed E-state index contributed by atoms with van der Waals surface area (Å²) in [5, 5.41) is 10.4. The maximum atomic E-state index is 10.5. The summed E-state index contributed by atoms with van der Waals surface area (Å²) < 4.78 is 0. The standard InChI is InChI=1S/C7H5N3OS/c11-5-6-1-4-12-7(6)10-8-2-3-9-10/h1-5H. The molecule has 0 aliphatic heterocycles. The molecule has 0 atom stereocenters. The van der Waals surface area contributed by atoms with Crippen LogP contribution in [0.15, 0.2) is 23.8 Å². The molecule has 0 fully saturated rings. The van der Waals surface area contributed by atoms with Crippen LogP contribution in [-0.2, 0) is 0 Å². The molecule has 0 spiro atoms. The van der Waals surface area contributed by atoms with Gasteiger partial charge in [0.05, 0.1) is 18.0 Å². The van der Waals surface area contributed by atoms with Crippen LogP contribution in [0.2, 0.25) is 0 Å². The van der Waals surface area contributed by atoms with Crippen LogP contribution in [-0.4, -0.2) is 21.3 Å². The van der Waals surface area contributed by atoms with Crippen LogP contribution in [0.3, 0.4) is 0 Å². The van der Waals surface area contributed by atoms with Crippen LogP contribution in [0, 0.1) is 0 Å². The van der Waals surface area contributed by atoms with Gasteiger partial charge in [0, 0.05) is 0 Å². The molecule has 4 nitrogen and oxygen atoms in total. The molecular formula is C7H5N3OS. The fourth-order valence-corrected chi connectivity index (χ4v) is 1.67. The van der Waals surface area contributed by atoms with Crippen LogP contribution < -0.4 is 0 Å². The van der Waals surface area contributed by atoms with Gasteiger partial charge in [-0.05, 0) is 11.4 Å². The number of hydrogen-bond donors (Lipinski definition) is 0. The molecule has 0 saturated carbocycles. The van der Waals surface area contributed by atoms with E-state index in [1.54, 1.807) is 18.5 Å². The summed E-state index contributed by atoms with van der Waals surface area (Å²) in [5.41, 5.74) is 0.621. The zero-order valence-corrected chi connectivity index (χ0v) is 6.86. The highest BCUT2D eigenvalue weighted by molar-refractivity contribution is 7.12. The van der Waals surface area contributed by atoms with Gasteiger partial charge in [0.25, 0.3) is 0 Å². The van der Waals surface area contributed by atoms with Gasteiger partial charge in [-0.1, -0.05) is 0 Å². The predicted octanol–water partition coefficient (Wildman–Crippen LogP) is 1.14. The van der Waals surface area contributed by atoms with Gasteiger partial charge in [-0.2, -0.15) is 10.2 Å². The average molecular weight is 179 g/mol. The Morgan fingerprint density at radius 3 is 2.83 bits per heavy atom. The maximum Gasteiger partial charge on any atom is 0.153 e. The first-order valence-corrected chi connectivity index (χ1v) is 4.19. The molecule has 0 amide bonds. The lowest BCUT2D eigenvalue weighted by atomic mass is 10.4. The van der Waals surface area contributed by atoms with Crippen molar-refractivity contribution in [3.63, 3.8) is 0 Å². The monoisotopic (exact) mass is 179 g/mol. The number of hydrogen-bond acceptors (Lipinski definition) is 4. The van der Waals surface area contributed by atoms with Crippen LogP contribution in [0.25, 0.3) is 5.00 Å². The van der Waals surface area contributed by atoms with E-state index >= 15 is 0 Å². The summed E-state index contributed by atoms with van der Waals surface area (Å²) >= 11 is 1.44. The largest absolute Gasteiger partial charge is 0.298 e. The van der Waals surface area contributed by atoms with E-state index in [2.05, 4.69) is 10.2 Å². The van der Waals surface area contributed by atoms with E-state index in [1.165, 1.54) is 16.1 Å². The van der Waals surface area contributed by atoms with Gasteiger partial charge in [-0.25, -0.2) is 0 Å². The number of nitrogens with zero attached hydrogens (tertiary/aromatic N) is 3. The van der Waals surface area contributed by atoms with Gasteiger partial charge in [0.2, 0.25) is 0 Å². The molecule has 2 aromatic rings. The Morgan fingerprint density at radius 1 is 1.42 bits per heavy atom. The Bertz CT molecular complexity index is 379. The number of rotatable bonds is 2. The molecule has 2 heterocycles. The van der Waals surface area contributed by atoms with Crippen molar-refractivity contribution in [1.29, 1.82) is 0 Å². The Labute approximate surface area is 72.5 Å². The van der Waals surface area contributed by atoms with Gasteiger partial charge in [-0.3, -0.25) is 4.79 Å². The molecule has 0 bridgehead atoms. The molecule has 0 aliphatic carbocycles. The third kappa shape index (κ3) is 1.04. The second kappa shape index (κ2) is 2.86. The third-order valence-corrected chi connectivity index (χ3v) is 2.30. The highest BCUT2D eigenvalue weighted by Gasteiger charge is 2.05. The second-order valence-corrected chi connectivity index (χ2v) is 3.01. The summed E-state index contributed by atoms with van der Waals surface area (Å²) in [6, 6.07) is 1.75. The summed E-state index contributed by atoms with van der Waals surface area (Å²) in [7, 11) is 0. The molecule has 0 radical (unpaired) electrons. The molecule has 2 aromatic heterocycles. The summed E-state index contributed by atoms with van der Waals surface area (Å²) in [6.45, 7) is 0. The van der Waals surface area contributed by atoms with Gasteiger partial charge < -0.3 is 0 Å². The van der Waals surface area contributed by atoms with Gasteiger partial charge in [-0.15, -0.1) is 16.1 Å². The lowest BCUT2D eigenvalue weighted by Crippen LogP contribution is -1.98. The van der Waals surface area contributed by atoms with E-state index in [9.17, 15) is 4.79 Å². The predicted molar refractivity (Wildman–Crippen MR) is 44.6 cm³/mol. The SMILES string of the molecule is O=Cc1ccsc1-n1nccn1. The minimum absolute atomic E-state index is 0.621. The van der Waals surface area contributed by atoms with Crippen molar-refractivity contribution < 1.29 is 4.79 Å². The van der Waals surface area contributed by atoms with E-state index in [0.29, 0.717) is 5.56 Å². The Morgan fingerprint density at radius 2 is 2.17 bits per heavy atom. The summed E-state index contributed by atoms with van der Waals surface area (Å²) in [6.07, 6.45) is 3.96. The highest BCUT2D eigenvalue weighted by atomic mass is 32.1. The van der Waals surface area contributed by atoms with E-state index in [0.717, 1.165) is 11.3 Å². The van der Waals surface area contributed by atoms with Gasteiger partial charge >= 0.3 is 0 Å². The van der Waals surface area contributed by atoms with E-state index in [1.807, 2.05) is 5.38 Å². The quantitative estimate of drug-likeness (QED) is 0.649. The summed E-state index contributed by atoms with van der Waals surface area (Å²) in [4.78, 5) is 12.0. The first-order valence-electron chi connectivity index (χ1n) is 3.31. The smallest absolute Gasteiger partial charge is 0.153 e. The molecule has 5 heteroatoms. The second-order valence-electron chi connectivity index (χ2n) is 2.12. The number of carbonyl (C=O) groups is 1. The van der Waals surface area contributed by atoms with Crippen LogP contribution in [0.1, 0.15) is 10.4 Å². The molecule has 0 unspecified atom stereocenters. The van der Waals surface area contributed by atoms with Crippen molar-refractivity contribution >= 4 is 17.6 Å². The van der Waals surface area contributed by atoms with E-state index in [-0.39, 0.29) is 0 Å². The fraction of sp³-hybridized carbons (Fsp3) is 0. The van der Waals surface area contributed by atoms with Gasteiger partial charge in [0.1, 0.15) is 5.00 Å². The zero-order chi connectivity index (χ0) is 8.39. The Hall–Kier alpha value is -1.49. The minimum Gasteiger partial charge on any atom is -0.298 e. The van der Waals surface area contributed by atoms with Crippen LogP contribution in [0.4, 0.5) is 0 Å². The molecule has 2 rings (SSSR count). The number of aromatic nitrogens is 3. The zero-order valence-electron chi connectivity index (χ0n) is 6.04. The molecule has 60 valence electrons. The topological polar surface area (TPSA) is 47.8 Å². The molecule has 0 aromatic carbocycles. The lowest BCUT2D eigenvalue weighted by Gasteiger charge is -1.93. The lowest BCUT2D eigenvalue weighted by molar-refractivity contribution is 0.112. The fourth-order valence-electron chi connectivity index (χ4n) is 0.884. The molecular weight excluding hydrogens is 174 g/mol. The highest BCUT2D eigenvalue weighted by Crippen LogP contribution is 2.17. The first-order chi connectivity index (χ1) is 5.92. The van der Waals surface area contributed by atoms with E-state index < -0.39 is 0 Å². The third-order valence-electron chi connectivity index (χ3n) is 1.40. The molecule has 12 heavy (non-hydrogen) atoms. The minimum atomic E-state index is 0.621. The number of carbonyl (C=O) groups excluding carboxylic acids is 1. The van der Waals surface area contributed by atoms with Crippen LogP contribution in [0.5, 0.6) is 0 Å². The van der Waals surface area contributed by atoms with Crippen molar-refractivity contribution in [1.82, 2.24) is 15.0 Å². The average Bonchev–Trinajstić information content (AvgIpc) is 2.74. The van der Waals surface area contributed by atoms with Crippen molar-refractivity contribution in [3.8, 4) is 5.00 Å².